The molecule has 2 N–H and O–H groups in total. The fraction of sp³-hybridized carbons (Fsp3) is 0.824. The van der Waals surface area contributed by atoms with Crippen LogP contribution in [0.1, 0.15) is 46.5 Å². The van der Waals surface area contributed by atoms with Crippen molar-refractivity contribution in [3.8, 4) is 0 Å². The van der Waals surface area contributed by atoms with Crippen LogP contribution in [0.15, 0.2) is 12.2 Å². The van der Waals surface area contributed by atoms with E-state index in [2.05, 4.69) is 6.92 Å². The zero-order chi connectivity index (χ0) is 16.5. The van der Waals surface area contributed by atoms with E-state index in [1.54, 1.807) is 12.2 Å². The highest BCUT2D eigenvalue weighted by molar-refractivity contribution is 5.77. The summed E-state index contributed by atoms with van der Waals surface area (Å²) < 4.78 is 18.9. The molecule has 5 heteroatoms. The van der Waals surface area contributed by atoms with E-state index in [9.17, 15) is 19.4 Å². The Morgan fingerprint density at radius 2 is 2.18 bits per heavy atom. The van der Waals surface area contributed by atoms with Gasteiger partial charge in [0.25, 0.3) is 0 Å². The Bertz CT molecular complexity index is 434. The van der Waals surface area contributed by atoms with Crippen LogP contribution in [0.5, 0.6) is 0 Å². The molecule has 22 heavy (non-hydrogen) atoms. The minimum absolute atomic E-state index is 0.265. The first kappa shape index (κ1) is 17.4. The van der Waals surface area contributed by atoms with E-state index < -0.39 is 42.3 Å². The van der Waals surface area contributed by atoms with Gasteiger partial charge in [0.2, 0.25) is 6.17 Å². The third-order valence-corrected chi connectivity index (χ3v) is 5.11. The van der Waals surface area contributed by atoms with Crippen molar-refractivity contribution in [2.75, 3.05) is 0 Å². The highest BCUT2D eigenvalue weighted by Crippen LogP contribution is 2.43. The molecule has 0 radical (unpaired) electrons. The third-order valence-electron chi connectivity index (χ3n) is 5.11. The van der Waals surface area contributed by atoms with E-state index in [-0.39, 0.29) is 11.8 Å². The van der Waals surface area contributed by atoms with Crippen molar-refractivity contribution in [3.05, 3.63) is 12.2 Å². The van der Waals surface area contributed by atoms with Gasteiger partial charge in [-0.3, -0.25) is 0 Å². The smallest absolute Gasteiger partial charge is 0.341 e. The molecular weight excluding hydrogens is 287 g/mol. The predicted molar refractivity (Wildman–Crippen MR) is 80.8 cm³/mol. The molecule has 2 fully saturated rings. The van der Waals surface area contributed by atoms with Gasteiger partial charge in [-0.05, 0) is 11.8 Å². The lowest BCUT2D eigenvalue weighted by molar-refractivity contribution is -0.145. The van der Waals surface area contributed by atoms with Crippen LogP contribution in [0.3, 0.4) is 0 Å². The van der Waals surface area contributed by atoms with Gasteiger partial charge in [0, 0.05) is 18.3 Å². The van der Waals surface area contributed by atoms with Crippen LogP contribution in [0, 0.1) is 17.3 Å². The minimum Gasteiger partial charge on any atom is -0.460 e. The Balaban J connectivity index is 2.04. The van der Waals surface area contributed by atoms with Gasteiger partial charge in [-0.25, -0.2) is 9.18 Å². The maximum Gasteiger partial charge on any atom is 0.341 e. The van der Waals surface area contributed by atoms with Crippen molar-refractivity contribution in [2.24, 2.45) is 17.3 Å². The van der Waals surface area contributed by atoms with E-state index >= 15 is 0 Å². The number of halogens is 1. The summed E-state index contributed by atoms with van der Waals surface area (Å²) in [6.07, 6.45) is 2.94. The van der Waals surface area contributed by atoms with Gasteiger partial charge >= 0.3 is 5.97 Å². The van der Waals surface area contributed by atoms with Crippen LogP contribution < -0.4 is 0 Å². The first-order chi connectivity index (χ1) is 10.3. The van der Waals surface area contributed by atoms with Crippen molar-refractivity contribution < 1.29 is 24.1 Å². The van der Waals surface area contributed by atoms with Gasteiger partial charge in [-0.2, -0.15) is 0 Å². The van der Waals surface area contributed by atoms with Crippen LogP contribution >= 0.6 is 0 Å². The van der Waals surface area contributed by atoms with Gasteiger partial charge in [-0.15, -0.1) is 0 Å². The second-order valence-electron chi connectivity index (χ2n) is 7.26. The number of rotatable bonds is 6. The van der Waals surface area contributed by atoms with Crippen LogP contribution in [0.4, 0.5) is 4.39 Å². The van der Waals surface area contributed by atoms with Crippen molar-refractivity contribution in [1.82, 2.24) is 0 Å². The quantitative estimate of drug-likeness (QED) is 0.583. The fourth-order valence-electron chi connectivity index (χ4n) is 3.47. The summed E-state index contributed by atoms with van der Waals surface area (Å²) in [4.78, 5) is 11.3. The number of alkyl halides is 1. The molecular formula is C17H27FO4. The minimum atomic E-state index is -1.68. The number of hydrogen-bond acceptors (Lipinski definition) is 4. The lowest BCUT2D eigenvalue weighted by Crippen LogP contribution is -2.29. The number of carbonyl (C=O) groups excluding carboxylic acids is 1. The number of unbranched alkanes of at least 4 members (excludes halogenated alkanes) is 1. The Hall–Kier alpha value is -0.940. The molecule has 126 valence electrons. The third kappa shape index (κ3) is 3.35. The average Bonchev–Trinajstić information content (AvgIpc) is 2.90. The highest BCUT2D eigenvalue weighted by atomic mass is 19.1. The molecule has 0 aromatic rings. The standard InChI is InChI=1S/C17H27FO4/c1-4-5-8-17(2,3)13(20)7-6-10-11(19)9-12-14(10)15(18)16(21)22-12/h6-7,10-15,19-20H,4-5,8-9H2,1-3H3/t10-,11+,12-,13?,14+,15-/m0/s1. The van der Waals surface area contributed by atoms with Crippen molar-refractivity contribution in [2.45, 2.75) is 70.9 Å². The highest BCUT2D eigenvalue weighted by Gasteiger charge is 2.55. The molecule has 1 saturated heterocycles. The second kappa shape index (κ2) is 6.67. The van der Waals surface area contributed by atoms with Gasteiger partial charge in [0.15, 0.2) is 0 Å². The summed E-state index contributed by atoms with van der Waals surface area (Å²) in [5, 5.41) is 20.4. The molecule has 0 spiro atoms. The number of fused-ring (bicyclic) bond motifs is 1. The molecule has 0 aromatic carbocycles. The molecule has 1 saturated carbocycles. The summed E-state index contributed by atoms with van der Waals surface area (Å²) >= 11 is 0. The average molecular weight is 314 g/mol. The molecule has 2 rings (SSSR count). The lowest BCUT2D eigenvalue weighted by atomic mass is 9.80. The number of aliphatic hydroxyl groups is 2. The van der Waals surface area contributed by atoms with Crippen LogP contribution in [-0.4, -0.2) is 40.7 Å². The van der Waals surface area contributed by atoms with Crippen molar-refractivity contribution >= 4 is 5.97 Å². The first-order valence-electron chi connectivity index (χ1n) is 8.17. The molecule has 1 aliphatic heterocycles. The monoisotopic (exact) mass is 314 g/mol. The zero-order valence-corrected chi connectivity index (χ0v) is 13.5. The molecule has 1 unspecified atom stereocenters. The summed E-state index contributed by atoms with van der Waals surface area (Å²) in [5.74, 6) is -1.95. The predicted octanol–water partition coefficient (Wildman–Crippen LogP) is 2.38. The molecule has 2 aliphatic rings. The Labute approximate surface area is 131 Å². The molecule has 0 bridgehead atoms. The van der Waals surface area contributed by atoms with Crippen molar-refractivity contribution in [3.63, 3.8) is 0 Å². The van der Waals surface area contributed by atoms with Crippen LogP contribution in [0.25, 0.3) is 0 Å². The largest absolute Gasteiger partial charge is 0.460 e. The van der Waals surface area contributed by atoms with E-state index in [1.807, 2.05) is 13.8 Å². The molecule has 1 aliphatic carbocycles. The summed E-state index contributed by atoms with van der Waals surface area (Å²) in [6, 6.07) is 0. The normalized spacial score (nSPS) is 36.6. The first-order valence-corrected chi connectivity index (χ1v) is 8.17. The molecule has 1 heterocycles. The van der Waals surface area contributed by atoms with Gasteiger partial charge in [0.05, 0.1) is 12.2 Å². The lowest BCUT2D eigenvalue weighted by Gasteiger charge is -2.29. The number of ether oxygens (including phenoxy) is 1. The molecule has 4 nitrogen and oxygen atoms in total. The maximum absolute atomic E-state index is 13.9. The van der Waals surface area contributed by atoms with Crippen LogP contribution in [0.2, 0.25) is 0 Å². The number of aliphatic hydroxyl groups excluding tert-OH is 2. The van der Waals surface area contributed by atoms with Gasteiger partial charge < -0.3 is 14.9 Å². The van der Waals surface area contributed by atoms with Gasteiger partial charge in [-0.1, -0.05) is 45.8 Å². The summed E-state index contributed by atoms with van der Waals surface area (Å²) in [6.45, 7) is 6.09. The molecule has 0 amide bonds. The maximum atomic E-state index is 13.9. The van der Waals surface area contributed by atoms with E-state index in [0.29, 0.717) is 0 Å². The topological polar surface area (TPSA) is 66.8 Å². The second-order valence-corrected chi connectivity index (χ2v) is 7.26. The van der Waals surface area contributed by atoms with Crippen LogP contribution in [-0.2, 0) is 9.53 Å². The summed E-state index contributed by atoms with van der Waals surface area (Å²) in [7, 11) is 0. The van der Waals surface area contributed by atoms with Crippen molar-refractivity contribution in [1.29, 1.82) is 0 Å². The Morgan fingerprint density at radius 1 is 1.50 bits per heavy atom. The SMILES string of the molecule is CCCCC(C)(C)C(O)C=C[C@@H]1[C@@H]2[C@H](C[C@H]1O)OC(=O)[C@H]2F. The molecule has 6 atom stereocenters. The van der Waals surface area contributed by atoms with E-state index in [1.165, 1.54) is 0 Å². The summed E-state index contributed by atoms with van der Waals surface area (Å²) in [5.41, 5.74) is -0.271. The van der Waals surface area contributed by atoms with E-state index in [0.717, 1.165) is 19.3 Å². The fourth-order valence-corrected chi connectivity index (χ4v) is 3.47. The number of hydrogen-bond donors (Lipinski definition) is 2. The zero-order valence-electron chi connectivity index (χ0n) is 13.5. The number of esters is 1. The van der Waals surface area contributed by atoms with E-state index in [4.69, 9.17) is 4.74 Å². The Morgan fingerprint density at radius 3 is 2.82 bits per heavy atom. The number of carbonyl (C=O) groups is 1. The molecule has 0 aromatic heterocycles. The van der Waals surface area contributed by atoms with Gasteiger partial charge in [0.1, 0.15) is 6.10 Å². The Kier molecular flexibility index (Phi) is 5.28.